The first kappa shape index (κ1) is 14.3. The summed E-state index contributed by atoms with van der Waals surface area (Å²) in [6, 6.07) is 20.4. The third-order valence-electron chi connectivity index (χ3n) is 3.94. The Morgan fingerprint density at radius 3 is 2.33 bits per heavy atom. The van der Waals surface area contributed by atoms with Crippen molar-refractivity contribution in [1.82, 2.24) is 0 Å². The van der Waals surface area contributed by atoms with Gasteiger partial charge in [0.1, 0.15) is 0 Å². The third kappa shape index (κ3) is 2.87. The Balaban J connectivity index is 2.01. The third-order valence-corrected chi connectivity index (χ3v) is 4.63. The average Bonchev–Trinajstić information content (AvgIpc) is 2.50. The van der Waals surface area contributed by atoms with E-state index in [1.807, 2.05) is 36.4 Å². The van der Waals surface area contributed by atoms with Crippen molar-refractivity contribution in [2.75, 3.05) is 0 Å². The summed E-state index contributed by atoms with van der Waals surface area (Å²) < 4.78 is 1.06. The normalized spacial score (nSPS) is 12.5. The number of benzene rings is 3. The summed E-state index contributed by atoms with van der Waals surface area (Å²) >= 11 is 3.58. The van der Waals surface area contributed by atoms with E-state index in [9.17, 15) is 5.11 Å². The largest absolute Gasteiger partial charge is 0.388 e. The molecule has 21 heavy (non-hydrogen) atoms. The predicted octanol–water partition coefficient (Wildman–Crippen LogP) is 5.19. The van der Waals surface area contributed by atoms with Crippen molar-refractivity contribution in [2.24, 2.45) is 0 Å². The van der Waals surface area contributed by atoms with E-state index >= 15 is 0 Å². The molecule has 106 valence electrons. The van der Waals surface area contributed by atoms with Gasteiger partial charge in [0.2, 0.25) is 0 Å². The van der Waals surface area contributed by atoms with Gasteiger partial charge >= 0.3 is 0 Å². The van der Waals surface area contributed by atoms with Crippen LogP contribution in [0.4, 0.5) is 0 Å². The first-order valence-electron chi connectivity index (χ1n) is 7.06. The highest BCUT2D eigenvalue weighted by molar-refractivity contribution is 9.10. The van der Waals surface area contributed by atoms with E-state index in [4.69, 9.17) is 0 Å². The van der Waals surface area contributed by atoms with Crippen LogP contribution >= 0.6 is 15.9 Å². The number of hydrogen-bond donors (Lipinski definition) is 1. The molecule has 0 amide bonds. The molecule has 0 saturated carbocycles. The topological polar surface area (TPSA) is 20.2 Å². The molecule has 0 aliphatic rings. The number of fused-ring (bicyclic) bond motifs is 1. The van der Waals surface area contributed by atoms with Crippen molar-refractivity contribution in [3.05, 3.63) is 81.8 Å². The number of aryl methyl sites for hydroxylation is 1. The molecule has 0 saturated heterocycles. The summed E-state index contributed by atoms with van der Waals surface area (Å²) in [5.41, 5.74) is 3.40. The van der Waals surface area contributed by atoms with Gasteiger partial charge in [-0.25, -0.2) is 0 Å². The minimum absolute atomic E-state index is 0.496. The van der Waals surface area contributed by atoms with Gasteiger partial charge in [-0.3, -0.25) is 0 Å². The predicted molar refractivity (Wildman–Crippen MR) is 91.5 cm³/mol. The van der Waals surface area contributed by atoms with E-state index in [0.717, 1.165) is 20.8 Å². The zero-order valence-corrected chi connectivity index (χ0v) is 13.5. The highest BCUT2D eigenvalue weighted by atomic mass is 79.9. The number of rotatable bonds is 3. The molecule has 0 radical (unpaired) electrons. The lowest BCUT2D eigenvalue weighted by molar-refractivity contribution is 0.180. The van der Waals surface area contributed by atoms with Crippen LogP contribution in [0, 0.1) is 6.92 Å². The smallest absolute Gasteiger partial charge is 0.0836 e. The molecule has 1 nitrogen and oxygen atoms in total. The second-order valence-corrected chi connectivity index (χ2v) is 6.18. The summed E-state index contributed by atoms with van der Waals surface area (Å²) in [5.74, 6) is 0. The quantitative estimate of drug-likeness (QED) is 0.695. The zero-order valence-electron chi connectivity index (χ0n) is 11.9. The summed E-state index contributed by atoms with van der Waals surface area (Å²) in [4.78, 5) is 0. The zero-order chi connectivity index (χ0) is 14.8. The molecule has 1 unspecified atom stereocenters. The van der Waals surface area contributed by atoms with Crippen LogP contribution in [-0.4, -0.2) is 5.11 Å². The Hall–Kier alpha value is -1.64. The molecular formula is C19H17BrO. The average molecular weight is 341 g/mol. The van der Waals surface area contributed by atoms with Crippen molar-refractivity contribution in [3.8, 4) is 0 Å². The first-order valence-corrected chi connectivity index (χ1v) is 7.86. The van der Waals surface area contributed by atoms with E-state index in [2.05, 4.69) is 47.1 Å². The van der Waals surface area contributed by atoms with Crippen molar-refractivity contribution < 1.29 is 5.11 Å². The molecule has 0 aliphatic heterocycles. The highest BCUT2D eigenvalue weighted by Crippen LogP contribution is 2.31. The standard InChI is InChI=1S/C19H17BrO/c1-13-6-2-3-7-14(13)12-19(21)17-10-11-18(20)16-9-5-4-8-15(16)17/h2-11,19,21H,12H2,1H3. The van der Waals surface area contributed by atoms with Crippen molar-refractivity contribution in [1.29, 1.82) is 0 Å². The van der Waals surface area contributed by atoms with E-state index in [1.165, 1.54) is 11.1 Å². The van der Waals surface area contributed by atoms with Crippen LogP contribution < -0.4 is 0 Å². The molecule has 3 aromatic carbocycles. The Morgan fingerprint density at radius 2 is 1.57 bits per heavy atom. The van der Waals surface area contributed by atoms with Gasteiger partial charge in [-0.1, -0.05) is 70.5 Å². The van der Waals surface area contributed by atoms with E-state index in [-0.39, 0.29) is 0 Å². The van der Waals surface area contributed by atoms with Crippen LogP contribution in [0.2, 0.25) is 0 Å². The lowest BCUT2D eigenvalue weighted by Gasteiger charge is -2.16. The second-order valence-electron chi connectivity index (χ2n) is 5.33. The van der Waals surface area contributed by atoms with Gasteiger partial charge in [-0.15, -0.1) is 0 Å². The van der Waals surface area contributed by atoms with Crippen LogP contribution in [-0.2, 0) is 6.42 Å². The van der Waals surface area contributed by atoms with E-state index < -0.39 is 6.10 Å². The molecule has 0 fully saturated rings. The molecule has 0 spiro atoms. The van der Waals surface area contributed by atoms with Crippen LogP contribution in [0.15, 0.2) is 65.1 Å². The highest BCUT2D eigenvalue weighted by Gasteiger charge is 2.14. The van der Waals surface area contributed by atoms with Gasteiger partial charge in [-0.05, 0) is 40.5 Å². The molecule has 3 rings (SSSR count). The summed E-state index contributed by atoms with van der Waals surface area (Å²) in [7, 11) is 0. The minimum atomic E-state index is -0.496. The monoisotopic (exact) mass is 340 g/mol. The SMILES string of the molecule is Cc1ccccc1CC(O)c1ccc(Br)c2ccccc12. The van der Waals surface area contributed by atoms with Crippen molar-refractivity contribution in [3.63, 3.8) is 0 Å². The Morgan fingerprint density at radius 1 is 0.905 bits per heavy atom. The Kier molecular flexibility index (Phi) is 4.09. The fraction of sp³-hybridized carbons (Fsp3) is 0.158. The summed E-state index contributed by atoms with van der Waals surface area (Å²) in [6.45, 7) is 2.09. The maximum absolute atomic E-state index is 10.7. The molecule has 0 aromatic heterocycles. The van der Waals surface area contributed by atoms with Gasteiger partial charge < -0.3 is 5.11 Å². The Labute approximate surface area is 133 Å². The maximum atomic E-state index is 10.7. The molecule has 2 heteroatoms. The van der Waals surface area contributed by atoms with Crippen LogP contribution in [0.1, 0.15) is 22.8 Å². The molecule has 1 N–H and O–H groups in total. The van der Waals surface area contributed by atoms with E-state index in [1.54, 1.807) is 0 Å². The van der Waals surface area contributed by atoms with Crippen molar-refractivity contribution >= 4 is 26.7 Å². The second kappa shape index (κ2) is 6.00. The Bertz CT molecular complexity index is 779. The molecule has 3 aromatic rings. The fourth-order valence-corrected chi connectivity index (χ4v) is 3.21. The van der Waals surface area contributed by atoms with Gasteiger partial charge in [0, 0.05) is 10.9 Å². The lowest BCUT2D eigenvalue weighted by atomic mass is 9.94. The molecule has 0 bridgehead atoms. The molecule has 1 atom stereocenters. The van der Waals surface area contributed by atoms with Gasteiger partial charge in [-0.2, -0.15) is 0 Å². The van der Waals surface area contributed by atoms with Crippen LogP contribution in [0.3, 0.4) is 0 Å². The van der Waals surface area contributed by atoms with Crippen LogP contribution in [0.5, 0.6) is 0 Å². The number of halogens is 1. The fourth-order valence-electron chi connectivity index (χ4n) is 2.73. The molecule has 0 heterocycles. The minimum Gasteiger partial charge on any atom is -0.388 e. The van der Waals surface area contributed by atoms with E-state index in [0.29, 0.717) is 6.42 Å². The number of hydrogen-bond acceptors (Lipinski definition) is 1. The number of aliphatic hydroxyl groups excluding tert-OH is 1. The maximum Gasteiger partial charge on any atom is 0.0836 e. The summed E-state index contributed by atoms with van der Waals surface area (Å²) in [5, 5.41) is 12.9. The first-order chi connectivity index (χ1) is 10.2. The van der Waals surface area contributed by atoms with Gasteiger partial charge in [0.15, 0.2) is 0 Å². The molecular weight excluding hydrogens is 324 g/mol. The van der Waals surface area contributed by atoms with Gasteiger partial charge in [0.25, 0.3) is 0 Å². The van der Waals surface area contributed by atoms with Crippen LogP contribution in [0.25, 0.3) is 10.8 Å². The number of aliphatic hydroxyl groups is 1. The summed E-state index contributed by atoms with van der Waals surface area (Å²) in [6.07, 6.45) is 0.141. The van der Waals surface area contributed by atoms with Crippen molar-refractivity contribution in [2.45, 2.75) is 19.4 Å². The molecule has 0 aliphatic carbocycles. The lowest BCUT2D eigenvalue weighted by Crippen LogP contribution is -2.04. The van der Waals surface area contributed by atoms with Gasteiger partial charge in [0.05, 0.1) is 6.10 Å².